The van der Waals surface area contributed by atoms with Crippen LogP contribution in [0.2, 0.25) is 0 Å². The monoisotopic (exact) mass is 355 g/mol. The number of pyridine rings is 1. The average molecular weight is 355 g/mol. The van der Waals surface area contributed by atoms with Crippen LogP contribution in [0.3, 0.4) is 0 Å². The molecular formula is C21H29N3O2. The molecule has 2 aromatic rings. The molecule has 0 N–H and O–H groups in total. The van der Waals surface area contributed by atoms with Gasteiger partial charge in [-0.3, -0.25) is 0 Å². The molecule has 0 atom stereocenters. The van der Waals surface area contributed by atoms with E-state index in [0.29, 0.717) is 11.8 Å². The number of hydrogen-bond acceptors (Lipinski definition) is 5. The molecule has 0 spiro atoms. The lowest BCUT2D eigenvalue weighted by molar-refractivity contribution is 0.272. The SMILES string of the molecule is CC(C)c1cc2c(nn1)OCCC2.CC(C)c1cnc2c(c1)CCCO2. The van der Waals surface area contributed by atoms with E-state index in [1.54, 1.807) is 0 Å². The van der Waals surface area contributed by atoms with Gasteiger partial charge in [0.1, 0.15) is 0 Å². The van der Waals surface area contributed by atoms with Crippen molar-refractivity contribution in [1.82, 2.24) is 15.2 Å². The fraction of sp³-hybridized carbons (Fsp3) is 0.571. The van der Waals surface area contributed by atoms with Gasteiger partial charge in [0.25, 0.3) is 0 Å². The molecule has 0 aromatic carbocycles. The third kappa shape index (κ3) is 4.51. The topological polar surface area (TPSA) is 57.1 Å². The molecule has 5 nitrogen and oxygen atoms in total. The van der Waals surface area contributed by atoms with Crippen LogP contribution < -0.4 is 9.47 Å². The molecule has 0 fully saturated rings. The van der Waals surface area contributed by atoms with Gasteiger partial charge in [-0.2, -0.15) is 5.10 Å². The number of rotatable bonds is 2. The first-order valence-corrected chi connectivity index (χ1v) is 9.65. The summed E-state index contributed by atoms with van der Waals surface area (Å²) >= 11 is 0. The normalized spacial score (nSPS) is 15.3. The van der Waals surface area contributed by atoms with Gasteiger partial charge in [-0.1, -0.05) is 27.7 Å². The van der Waals surface area contributed by atoms with Crippen LogP contribution in [-0.4, -0.2) is 28.4 Å². The number of hydrogen-bond donors (Lipinski definition) is 0. The molecule has 0 saturated carbocycles. The molecular weight excluding hydrogens is 326 g/mol. The molecule has 2 aliphatic heterocycles. The first kappa shape index (κ1) is 18.6. The quantitative estimate of drug-likeness (QED) is 0.796. The van der Waals surface area contributed by atoms with E-state index in [4.69, 9.17) is 9.47 Å². The Kier molecular flexibility index (Phi) is 6.07. The number of fused-ring (bicyclic) bond motifs is 2. The summed E-state index contributed by atoms with van der Waals surface area (Å²) in [6.07, 6.45) is 6.33. The summed E-state index contributed by atoms with van der Waals surface area (Å²) in [5.41, 5.74) is 4.86. The average Bonchev–Trinajstić information content (AvgIpc) is 2.67. The second kappa shape index (κ2) is 8.47. The summed E-state index contributed by atoms with van der Waals surface area (Å²) < 4.78 is 10.8. The predicted molar refractivity (Wildman–Crippen MR) is 102 cm³/mol. The van der Waals surface area contributed by atoms with Gasteiger partial charge in [0, 0.05) is 17.3 Å². The molecule has 0 amide bonds. The van der Waals surface area contributed by atoms with Crippen molar-refractivity contribution in [2.24, 2.45) is 0 Å². The number of nitrogens with zero attached hydrogens (tertiary/aromatic N) is 3. The highest BCUT2D eigenvalue weighted by Crippen LogP contribution is 2.25. The molecule has 2 aromatic heterocycles. The third-order valence-electron chi connectivity index (χ3n) is 4.72. The molecule has 0 bridgehead atoms. The highest BCUT2D eigenvalue weighted by Gasteiger charge is 2.14. The van der Waals surface area contributed by atoms with Crippen molar-refractivity contribution in [3.63, 3.8) is 0 Å². The zero-order valence-electron chi connectivity index (χ0n) is 16.3. The maximum atomic E-state index is 5.45. The second-order valence-electron chi connectivity index (χ2n) is 7.55. The van der Waals surface area contributed by atoms with E-state index in [0.717, 1.165) is 56.4 Å². The Bertz CT molecular complexity index is 681. The van der Waals surface area contributed by atoms with E-state index in [-0.39, 0.29) is 0 Å². The van der Waals surface area contributed by atoms with Gasteiger partial charge < -0.3 is 9.47 Å². The van der Waals surface area contributed by atoms with Gasteiger partial charge in [0.2, 0.25) is 11.8 Å². The lowest BCUT2D eigenvalue weighted by atomic mass is 10.0. The summed E-state index contributed by atoms with van der Waals surface area (Å²) in [6.45, 7) is 10.2. The highest BCUT2D eigenvalue weighted by molar-refractivity contribution is 5.32. The molecule has 0 unspecified atom stereocenters. The minimum atomic E-state index is 0.444. The Morgan fingerprint density at radius 3 is 2.12 bits per heavy atom. The van der Waals surface area contributed by atoms with Crippen LogP contribution in [0.25, 0.3) is 0 Å². The van der Waals surface area contributed by atoms with Gasteiger partial charge in [0.05, 0.1) is 18.9 Å². The molecule has 5 heteroatoms. The minimum absolute atomic E-state index is 0.444. The van der Waals surface area contributed by atoms with Gasteiger partial charge in [-0.05, 0) is 55.2 Å². The van der Waals surface area contributed by atoms with E-state index in [9.17, 15) is 0 Å². The maximum absolute atomic E-state index is 5.45. The molecule has 0 radical (unpaired) electrons. The Morgan fingerprint density at radius 2 is 1.46 bits per heavy atom. The van der Waals surface area contributed by atoms with Crippen molar-refractivity contribution in [1.29, 1.82) is 0 Å². The van der Waals surface area contributed by atoms with Crippen molar-refractivity contribution >= 4 is 0 Å². The molecule has 4 heterocycles. The molecule has 0 saturated heterocycles. The van der Waals surface area contributed by atoms with E-state index < -0.39 is 0 Å². The van der Waals surface area contributed by atoms with Gasteiger partial charge in [0.15, 0.2) is 0 Å². The van der Waals surface area contributed by atoms with Crippen LogP contribution in [0.15, 0.2) is 18.3 Å². The van der Waals surface area contributed by atoms with E-state index >= 15 is 0 Å². The van der Waals surface area contributed by atoms with Gasteiger partial charge in [-0.15, -0.1) is 5.10 Å². The Morgan fingerprint density at radius 1 is 0.808 bits per heavy atom. The van der Waals surface area contributed by atoms with Crippen LogP contribution in [-0.2, 0) is 12.8 Å². The standard InChI is InChI=1S/C11H15NO.C10H14N2O/c1-8(2)10-6-9-4-3-5-13-11(9)12-7-10;1-7(2)9-6-8-4-3-5-13-10(8)12-11-9/h6-8H,3-5H2,1-2H3;6-7H,3-5H2,1-2H3. The predicted octanol–water partition coefficient (Wildman–Crippen LogP) is 4.46. The minimum Gasteiger partial charge on any atom is -0.477 e. The first-order valence-electron chi connectivity index (χ1n) is 9.65. The van der Waals surface area contributed by atoms with Crippen LogP contribution >= 0.6 is 0 Å². The largest absolute Gasteiger partial charge is 0.477 e. The zero-order chi connectivity index (χ0) is 18.5. The third-order valence-corrected chi connectivity index (χ3v) is 4.72. The van der Waals surface area contributed by atoms with E-state index in [2.05, 4.69) is 55.0 Å². The molecule has 140 valence electrons. The Labute approximate surface area is 156 Å². The van der Waals surface area contributed by atoms with Crippen molar-refractivity contribution in [3.05, 3.63) is 40.7 Å². The zero-order valence-corrected chi connectivity index (χ0v) is 16.3. The van der Waals surface area contributed by atoms with Crippen LogP contribution in [0.4, 0.5) is 0 Å². The fourth-order valence-electron chi connectivity index (χ4n) is 3.02. The number of ether oxygens (including phenoxy) is 2. The first-order chi connectivity index (χ1) is 12.5. The molecule has 26 heavy (non-hydrogen) atoms. The van der Waals surface area contributed by atoms with E-state index in [1.165, 1.54) is 16.7 Å². The van der Waals surface area contributed by atoms with Crippen molar-refractivity contribution in [3.8, 4) is 11.8 Å². The summed E-state index contributed by atoms with van der Waals surface area (Å²) in [4.78, 5) is 4.32. The molecule has 2 aliphatic rings. The van der Waals surface area contributed by atoms with Gasteiger partial charge >= 0.3 is 0 Å². The fourth-order valence-corrected chi connectivity index (χ4v) is 3.02. The number of aryl methyl sites for hydroxylation is 2. The number of aromatic nitrogens is 3. The molecule has 0 aliphatic carbocycles. The van der Waals surface area contributed by atoms with Crippen molar-refractivity contribution in [2.75, 3.05) is 13.2 Å². The van der Waals surface area contributed by atoms with Gasteiger partial charge in [-0.25, -0.2) is 4.98 Å². The molecule has 4 rings (SSSR count). The summed E-state index contributed by atoms with van der Waals surface area (Å²) in [5.74, 6) is 2.57. The summed E-state index contributed by atoms with van der Waals surface area (Å²) in [7, 11) is 0. The smallest absolute Gasteiger partial charge is 0.236 e. The lowest BCUT2D eigenvalue weighted by Gasteiger charge is -2.17. The van der Waals surface area contributed by atoms with Crippen LogP contribution in [0.5, 0.6) is 11.8 Å². The summed E-state index contributed by atoms with van der Waals surface area (Å²) in [6, 6.07) is 4.35. The maximum Gasteiger partial charge on any atom is 0.236 e. The van der Waals surface area contributed by atoms with Crippen molar-refractivity contribution in [2.45, 2.75) is 65.2 Å². The lowest BCUT2D eigenvalue weighted by Crippen LogP contribution is -2.12. The van der Waals surface area contributed by atoms with Crippen LogP contribution in [0.1, 0.15) is 74.8 Å². The summed E-state index contributed by atoms with van der Waals surface area (Å²) in [5, 5.41) is 8.18. The Balaban J connectivity index is 0.000000151. The highest BCUT2D eigenvalue weighted by atomic mass is 16.5. The van der Waals surface area contributed by atoms with E-state index in [1.807, 2.05) is 6.20 Å². The second-order valence-corrected chi connectivity index (χ2v) is 7.55. The van der Waals surface area contributed by atoms with Crippen LogP contribution in [0, 0.1) is 0 Å². The Hall–Kier alpha value is -2.17. The van der Waals surface area contributed by atoms with Crippen molar-refractivity contribution < 1.29 is 9.47 Å².